The second-order valence-corrected chi connectivity index (χ2v) is 4.49. The maximum atomic E-state index is 5.56. The molecule has 0 aliphatic rings. The normalized spacial score (nSPS) is 11.0. The van der Waals surface area contributed by atoms with E-state index in [2.05, 4.69) is 48.3 Å². The van der Waals surface area contributed by atoms with Gasteiger partial charge in [-0.2, -0.15) is 0 Å². The van der Waals surface area contributed by atoms with Crippen LogP contribution in [0.2, 0.25) is 0 Å². The third-order valence-electron chi connectivity index (χ3n) is 2.83. The van der Waals surface area contributed by atoms with Crippen molar-refractivity contribution in [2.24, 2.45) is 0 Å². The summed E-state index contributed by atoms with van der Waals surface area (Å²) in [6.45, 7) is 3.99. The van der Waals surface area contributed by atoms with Crippen LogP contribution in [0.5, 0.6) is 0 Å². The van der Waals surface area contributed by atoms with E-state index in [9.17, 15) is 0 Å². The van der Waals surface area contributed by atoms with Gasteiger partial charge in [0.05, 0.1) is 0 Å². The standard InChI is InChI=1S/C15H19NO/c1-13-8-9-15(17-13)10-11-16(2)12-14-6-4-3-5-7-14/h3-9H,10-12H2,1-2H3. The molecule has 1 aromatic heterocycles. The summed E-state index contributed by atoms with van der Waals surface area (Å²) in [7, 11) is 2.14. The molecule has 0 unspecified atom stereocenters. The molecule has 0 bridgehead atoms. The third-order valence-corrected chi connectivity index (χ3v) is 2.83. The molecule has 0 saturated carbocycles. The Labute approximate surface area is 103 Å². The van der Waals surface area contributed by atoms with E-state index in [4.69, 9.17) is 4.42 Å². The van der Waals surface area contributed by atoms with Gasteiger partial charge in [-0.25, -0.2) is 0 Å². The first-order valence-electron chi connectivity index (χ1n) is 6.02. The molecule has 1 aromatic carbocycles. The molecule has 2 heteroatoms. The summed E-state index contributed by atoms with van der Waals surface area (Å²) in [5, 5.41) is 0. The Hall–Kier alpha value is -1.54. The lowest BCUT2D eigenvalue weighted by Crippen LogP contribution is -2.20. The van der Waals surface area contributed by atoms with Crippen LogP contribution in [0.1, 0.15) is 17.1 Å². The van der Waals surface area contributed by atoms with Crippen LogP contribution in [0.25, 0.3) is 0 Å². The van der Waals surface area contributed by atoms with E-state index in [-0.39, 0.29) is 0 Å². The Morgan fingerprint density at radius 1 is 1.06 bits per heavy atom. The fraction of sp³-hybridized carbons (Fsp3) is 0.333. The van der Waals surface area contributed by atoms with Gasteiger partial charge in [0.1, 0.15) is 11.5 Å². The van der Waals surface area contributed by atoms with Gasteiger partial charge >= 0.3 is 0 Å². The van der Waals surface area contributed by atoms with Gasteiger partial charge in [0.15, 0.2) is 0 Å². The van der Waals surface area contributed by atoms with Gasteiger partial charge in [-0.3, -0.25) is 0 Å². The molecule has 0 amide bonds. The lowest BCUT2D eigenvalue weighted by molar-refractivity contribution is 0.319. The predicted octanol–water partition coefficient (Wildman–Crippen LogP) is 3.26. The van der Waals surface area contributed by atoms with Crippen molar-refractivity contribution in [1.82, 2.24) is 4.90 Å². The van der Waals surface area contributed by atoms with Crippen molar-refractivity contribution in [3.8, 4) is 0 Å². The van der Waals surface area contributed by atoms with Crippen molar-refractivity contribution in [1.29, 1.82) is 0 Å². The minimum absolute atomic E-state index is 0.969. The van der Waals surface area contributed by atoms with E-state index in [1.165, 1.54) is 5.56 Å². The van der Waals surface area contributed by atoms with E-state index in [1.54, 1.807) is 0 Å². The largest absolute Gasteiger partial charge is 0.466 e. The first-order chi connectivity index (χ1) is 8.24. The smallest absolute Gasteiger partial charge is 0.105 e. The molecule has 0 spiro atoms. The van der Waals surface area contributed by atoms with Crippen LogP contribution in [0.3, 0.4) is 0 Å². The van der Waals surface area contributed by atoms with Crippen molar-refractivity contribution >= 4 is 0 Å². The number of benzene rings is 1. The monoisotopic (exact) mass is 229 g/mol. The van der Waals surface area contributed by atoms with Crippen molar-refractivity contribution in [2.45, 2.75) is 19.9 Å². The summed E-state index contributed by atoms with van der Waals surface area (Å²) in [4.78, 5) is 2.31. The average Bonchev–Trinajstić information content (AvgIpc) is 2.74. The quantitative estimate of drug-likeness (QED) is 0.782. The summed E-state index contributed by atoms with van der Waals surface area (Å²) in [5.74, 6) is 2.06. The third kappa shape index (κ3) is 3.75. The summed E-state index contributed by atoms with van der Waals surface area (Å²) < 4.78 is 5.56. The molecule has 0 saturated heterocycles. The Morgan fingerprint density at radius 2 is 1.82 bits per heavy atom. The SMILES string of the molecule is Cc1ccc(CCN(C)Cc2ccccc2)o1. The van der Waals surface area contributed by atoms with Crippen LogP contribution in [0.4, 0.5) is 0 Å². The Bertz CT molecular complexity index is 447. The molecular weight excluding hydrogens is 210 g/mol. The highest BCUT2D eigenvalue weighted by molar-refractivity contribution is 5.14. The molecule has 0 aliphatic carbocycles. The minimum atomic E-state index is 0.969. The zero-order valence-electron chi connectivity index (χ0n) is 10.5. The fourth-order valence-electron chi connectivity index (χ4n) is 1.89. The molecule has 17 heavy (non-hydrogen) atoms. The number of furan rings is 1. The topological polar surface area (TPSA) is 16.4 Å². The molecule has 0 atom stereocenters. The molecular formula is C15H19NO. The number of likely N-dealkylation sites (N-methyl/N-ethyl adjacent to an activating group) is 1. The highest BCUT2D eigenvalue weighted by Crippen LogP contribution is 2.08. The summed E-state index contributed by atoms with van der Waals surface area (Å²) in [6, 6.07) is 14.6. The van der Waals surface area contributed by atoms with Gasteiger partial charge in [-0.15, -0.1) is 0 Å². The molecule has 0 fully saturated rings. The van der Waals surface area contributed by atoms with E-state index in [0.717, 1.165) is 31.0 Å². The van der Waals surface area contributed by atoms with Crippen molar-refractivity contribution in [2.75, 3.05) is 13.6 Å². The molecule has 0 N–H and O–H groups in total. The van der Waals surface area contributed by atoms with Crippen LogP contribution < -0.4 is 0 Å². The van der Waals surface area contributed by atoms with Crippen molar-refractivity contribution in [3.05, 3.63) is 59.5 Å². The number of aryl methyl sites for hydroxylation is 1. The van der Waals surface area contributed by atoms with E-state index in [1.807, 2.05) is 13.0 Å². The van der Waals surface area contributed by atoms with Gasteiger partial charge in [0, 0.05) is 19.5 Å². The van der Waals surface area contributed by atoms with Gasteiger partial charge in [-0.05, 0) is 31.7 Å². The average molecular weight is 229 g/mol. The molecule has 2 rings (SSSR count). The number of hydrogen-bond donors (Lipinski definition) is 0. The van der Waals surface area contributed by atoms with Crippen LogP contribution in [0, 0.1) is 6.92 Å². The Kier molecular flexibility index (Phi) is 3.99. The molecule has 0 aliphatic heterocycles. The van der Waals surface area contributed by atoms with Gasteiger partial charge in [0.2, 0.25) is 0 Å². The summed E-state index contributed by atoms with van der Waals surface area (Å²) in [5.41, 5.74) is 1.35. The van der Waals surface area contributed by atoms with Gasteiger partial charge < -0.3 is 9.32 Å². The second-order valence-electron chi connectivity index (χ2n) is 4.49. The van der Waals surface area contributed by atoms with Crippen LogP contribution in [-0.4, -0.2) is 18.5 Å². The molecule has 2 aromatic rings. The molecule has 1 heterocycles. The molecule has 90 valence electrons. The highest BCUT2D eigenvalue weighted by atomic mass is 16.3. The Morgan fingerprint density at radius 3 is 2.47 bits per heavy atom. The fourth-order valence-corrected chi connectivity index (χ4v) is 1.89. The van der Waals surface area contributed by atoms with E-state index in [0.29, 0.717) is 0 Å². The lowest BCUT2D eigenvalue weighted by atomic mass is 10.2. The van der Waals surface area contributed by atoms with Gasteiger partial charge in [0.25, 0.3) is 0 Å². The van der Waals surface area contributed by atoms with Gasteiger partial charge in [-0.1, -0.05) is 30.3 Å². The maximum absolute atomic E-state index is 5.56. The predicted molar refractivity (Wildman–Crippen MR) is 69.9 cm³/mol. The highest BCUT2D eigenvalue weighted by Gasteiger charge is 2.03. The number of hydrogen-bond acceptors (Lipinski definition) is 2. The molecule has 0 radical (unpaired) electrons. The van der Waals surface area contributed by atoms with Crippen LogP contribution in [0.15, 0.2) is 46.9 Å². The number of rotatable bonds is 5. The van der Waals surface area contributed by atoms with Crippen LogP contribution in [-0.2, 0) is 13.0 Å². The maximum Gasteiger partial charge on any atom is 0.105 e. The van der Waals surface area contributed by atoms with Crippen molar-refractivity contribution in [3.63, 3.8) is 0 Å². The van der Waals surface area contributed by atoms with E-state index < -0.39 is 0 Å². The second kappa shape index (κ2) is 5.69. The zero-order chi connectivity index (χ0) is 12.1. The number of nitrogens with zero attached hydrogens (tertiary/aromatic N) is 1. The van der Waals surface area contributed by atoms with Crippen molar-refractivity contribution < 1.29 is 4.42 Å². The zero-order valence-corrected chi connectivity index (χ0v) is 10.5. The minimum Gasteiger partial charge on any atom is -0.466 e. The summed E-state index contributed by atoms with van der Waals surface area (Å²) >= 11 is 0. The summed E-state index contributed by atoms with van der Waals surface area (Å²) in [6.07, 6.45) is 0.969. The first kappa shape index (κ1) is 11.9. The lowest BCUT2D eigenvalue weighted by Gasteiger charge is -2.15. The van der Waals surface area contributed by atoms with Crippen LogP contribution >= 0.6 is 0 Å². The molecule has 2 nitrogen and oxygen atoms in total. The first-order valence-corrected chi connectivity index (χ1v) is 6.02. The Balaban J connectivity index is 1.80. The van der Waals surface area contributed by atoms with E-state index >= 15 is 0 Å².